The standard InChI is InChI=1S/C23H23FN4O/c1-17-6-2-4-8-20(17)26-22-11-10-18(16-25-22)23(29)28-14-12-27(13-15-28)21-9-5-3-7-19(21)24/h2-11,16H,12-15H2,1H3,(H,25,26). The van der Waals surface area contributed by atoms with E-state index >= 15 is 0 Å². The van der Waals surface area contributed by atoms with Crippen molar-refractivity contribution in [3.8, 4) is 0 Å². The van der Waals surface area contributed by atoms with Gasteiger partial charge in [0.25, 0.3) is 5.91 Å². The largest absolute Gasteiger partial charge is 0.366 e. The Morgan fingerprint density at radius 3 is 2.38 bits per heavy atom. The van der Waals surface area contributed by atoms with Gasteiger partial charge in [0.05, 0.1) is 11.3 Å². The van der Waals surface area contributed by atoms with Gasteiger partial charge in [0.15, 0.2) is 0 Å². The summed E-state index contributed by atoms with van der Waals surface area (Å²) in [6, 6.07) is 18.3. The van der Waals surface area contributed by atoms with Crippen LogP contribution in [0.3, 0.4) is 0 Å². The van der Waals surface area contributed by atoms with Crippen LogP contribution in [0.2, 0.25) is 0 Å². The Hall–Kier alpha value is -3.41. The van der Waals surface area contributed by atoms with Crippen LogP contribution < -0.4 is 10.2 Å². The number of nitrogens with one attached hydrogen (secondary N) is 1. The van der Waals surface area contributed by atoms with Gasteiger partial charge in [0, 0.05) is 38.1 Å². The van der Waals surface area contributed by atoms with E-state index in [1.807, 2.05) is 48.2 Å². The van der Waals surface area contributed by atoms with Crippen LogP contribution in [0.5, 0.6) is 0 Å². The summed E-state index contributed by atoms with van der Waals surface area (Å²) in [5.74, 6) is 0.418. The average molecular weight is 390 g/mol. The zero-order valence-corrected chi connectivity index (χ0v) is 16.3. The predicted molar refractivity (Wildman–Crippen MR) is 113 cm³/mol. The van der Waals surface area contributed by atoms with Gasteiger partial charge >= 0.3 is 0 Å². The lowest BCUT2D eigenvalue weighted by Crippen LogP contribution is -2.49. The van der Waals surface area contributed by atoms with Crippen LogP contribution in [0.15, 0.2) is 66.9 Å². The van der Waals surface area contributed by atoms with Gasteiger partial charge in [0.1, 0.15) is 11.6 Å². The molecule has 6 heteroatoms. The molecule has 0 unspecified atom stereocenters. The lowest BCUT2D eigenvalue weighted by molar-refractivity contribution is 0.0746. The zero-order valence-electron chi connectivity index (χ0n) is 16.3. The van der Waals surface area contributed by atoms with Gasteiger partial charge in [-0.2, -0.15) is 0 Å². The maximum Gasteiger partial charge on any atom is 0.255 e. The second kappa shape index (κ2) is 8.31. The van der Waals surface area contributed by atoms with E-state index in [0.717, 1.165) is 11.3 Å². The molecule has 148 valence electrons. The summed E-state index contributed by atoms with van der Waals surface area (Å²) in [4.78, 5) is 21.0. The van der Waals surface area contributed by atoms with E-state index in [-0.39, 0.29) is 11.7 Å². The highest BCUT2D eigenvalue weighted by Crippen LogP contribution is 2.22. The number of rotatable bonds is 4. The number of para-hydroxylation sites is 2. The first-order valence-electron chi connectivity index (χ1n) is 9.69. The van der Waals surface area contributed by atoms with E-state index in [1.165, 1.54) is 6.07 Å². The molecule has 2 aromatic carbocycles. The van der Waals surface area contributed by atoms with Crippen LogP contribution in [0.25, 0.3) is 0 Å². The molecule has 4 rings (SSSR count). The average Bonchev–Trinajstić information content (AvgIpc) is 2.76. The van der Waals surface area contributed by atoms with Gasteiger partial charge in [-0.05, 0) is 42.8 Å². The van der Waals surface area contributed by atoms with Crippen LogP contribution in [0.4, 0.5) is 21.6 Å². The monoisotopic (exact) mass is 390 g/mol. The maximum absolute atomic E-state index is 14.0. The van der Waals surface area contributed by atoms with Crippen LogP contribution >= 0.6 is 0 Å². The van der Waals surface area contributed by atoms with Crippen molar-refractivity contribution in [3.05, 3.63) is 83.8 Å². The number of carbonyl (C=O) groups excluding carboxylic acids is 1. The first kappa shape index (κ1) is 18.9. The summed E-state index contributed by atoms with van der Waals surface area (Å²) in [6.45, 7) is 4.34. The number of piperazine rings is 1. The molecule has 1 N–H and O–H groups in total. The van der Waals surface area contributed by atoms with Gasteiger partial charge in [-0.3, -0.25) is 4.79 Å². The minimum absolute atomic E-state index is 0.0480. The number of benzene rings is 2. The highest BCUT2D eigenvalue weighted by atomic mass is 19.1. The molecule has 29 heavy (non-hydrogen) atoms. The summed E-state index contributed by atoms with van der Waals surface area (Å²) in [5, 5.41) is 3.27. The minimum Gasteiger partial charge on any atom is -0.366 e. The molecule has 0 saturated carbocycles. The number of carbonyl (C=O) groups is 1. The summed E-state index contributed by atoms with van der Waals surface area (Å²) < 4.78 is 14.0. The Morgan fingerprint density at radius 2 is 1.69 bits per heavy atom. The van der Waals surface area contributed by atoms with Crippen LogP contribution in [-0.2, 0) is 0 Å². The molecular weight excluding hydrogens is 367 g/mol. The third-order valence-corrected chi connectivity index (χ3v) is 5.18. The summed E-state index contributed by atoms with van der Waals surface area (Å²) >= 11 is 0. The normalized spacial score (nSPS) is 14.0. The van der Waals surface area contributed by atoms with E-state index in [9.17, 15) is 9.18 Å². The van der Waals surface area contributed by atoms with E-state index < -0.39 is 0 Å². The molecule has 1 amide bonds. The molecule has 1 aromatic heterocycles. The number of amides is 1. The number of aromatic nitrogens is 1. The van der Waals surface area contributed by atoms with Gasteiger partial charge in [0.2, 0.25) is 0 Å². The van der Waals surface area contributed by atoms with Crippen molar-refractivity contribution in [3.63, 3.8) is 0 Å². The number of hydrogen-bond acceptors (Lipinski definition) is 4. The van der Waals surface area contributed by atoms with E-state index in [1.54, 1.807) is 29.3 Å². The molecular formula is C23H23FN4O. The molecule has 2 heterocycles. The molecule has 1 aliphatic rings. The fourth-order valence-electron chi connectivity index (χ4n) is 3.49. The van der Waals surface area contributed by atoms with Crippen LogP contribution in [-0.4, -0.2) is 42.0 Å². The summed E-state index contributed by atoms with van der Waals surface area (Å²) in [7, 11) is 0. The third kappa shape index (κ3) is 4.21. The van der Waals surface area contributed by atoms with Gasteiger partial charge in [-0.1, -0.05) is 30.3 Å². The molecule has 0 aliphatic carbocycles. The first-order valence-corrected chi connectivity index (χ1v) is 9.69. The van der Waals surface area contributed by atoms with E-state index in [2.05, 4.69) is 10.3 Å². The number of pyridine rings is 1. The molecule has 3 aromatic rings. The van der Waals surface area contributed by atoms with E-state index in [4.69, 9.17) is 0 Å². The van der Waals surface area contributed by atoms with Gasteiger partial charge < -0.3 is 15.1 Å². The smallest absolute Gasteiger partial charge is 0.255 e. The highest BCUT2D eigenvalue weighted by Gasteiger charge is 2.23. The molecule has 0 bridgehead atoms. The molecule has 1 saturated heterocycles. The third-order valence-electron chi connectivity index (χ3n) is 5.18. The number of anilines is 3. The van der Waals surface area contributed by atoms with Crippen molar-refractivity contribution >= 4 is 23.1 Å². The van der Waals surface area contributed by atoms with Crippen LogP contribution in [0, 0.1) is 12.7 Å². The van der Waals surface area contributed by atoms with Crippen molar-refractivity contribution in [1.29, 1.82) is 0 Å². The number of aryl methyl sites for hydroxylation is 1. The molecule has 1 aliphatic heterocycles. The lowest BCUT2D eigenvalue weighted by Gasteiger charge is -2.36. The minimum atomic E-state index is -0.229. The highest BCUT2D eigenvalue weighted by molar-refractivity contribution is 5.94. The van der Waals surface area contributed by atoms with Gasteiger partial charge in [-0.25, -0.2) is 9.37 Å². The Balaban J connectivity index is 1.38. The van der Waals surface area contributed by atoms with Gasteiger partial charge in [-0.15, -0.1) is 0 Å². The Morgan fingerprint density at radius 1 is 0.966 bits per heavy atom. The molecule has 0 atom stereocenters. The molecule has 5 nitrogen and oxygen atoms in total. The first-order chi connectivity index (χ1) is 14.1. The Kier molecular flexibility index (Phi) is 5.42. The van der Waals surface area contributed by atoms with Crippen LogP contribution in [0.1, 0.15) is 15.9 Å². The zero-order chi connectivity index (χ0) is 20.2. The summed E-state index contributed by atoms with van der Waals surface area (Å²) in [6.07, 6.45) is 1.60. The SMILES string of the molecule is Cc1ccccc1Nc1ccc(C(=O)N2CCN(c3ccccc3F)CC2)cn1. The number of hydrogen-bond donors (Lipinski definition) is 1. The quantitative estimate of drug-likeness (QED) is 0.724. The fourth-order valence-corrected chi connectivity index (χ4v) is 3.49. The number of halogens is 1. The lowest BCUT2D eigenvalue weighted by atomic mass is 10.2. The van der Waals surface area contributed by atoms with Crippen molar-refractivity contribution in [1.82, 2.24) is 9.88 Å². The Bertz CT molecular complexity index is 998. The number of nitrogens with zero attached hydrogens (tertiary/aromatic N) is 3. The van der Waals surface area contributed by atoms with Crippen molar-refractivity contribution in [2.24, 2.45) is 0 Å². The van der Waals surface area contributed by atoms with Crippen molar-refractivity contribution in [2.45, 2.75) is 6.92 Å². The predicted octanol–water partition coefficient (Wildman–Crippen LogP) is 4.24. The molecule has 0 spiro atoms. The molecule has 1 fully saturated rings. The fraction of sp³-hybridized carbons (Fsp3) is 0.217. The van der Waals surface area contributed by atoms with Crippen molar-refractivity contribution in [2.75, 3.05) is 36.4 Å². The van der Waals surface area contributed by atoms with E-state index in [0.29, 0.717) is 43.2 Å². The molecule has 0 radical (unpaired) electrons. The second-order valence-corrected chi connectivity index (χ2v) is 7.10. The Labute approximate surface area is 169 Å². The second-order valence-electron chi connectivity index (χ2n) is 7.10. The van der Waals surface area contributed by atoms with Crippen molar-refractivity contribution < 1.29 is 9.18 Å². The summed E-state index contributed by atoms with van der Waals surface area (Å²) in [5.41, 5.74) is 3.26. The maximum atomic E-state index is 14.0. The topological polar surface area (TPSA) is 48.5 Å².